The number of fused-ring (bicyclic) bond motifs is 11. The fraction of sp³-hybridized carbons (Fsp3) is 0.107. The number of thiophene rings is 1. The van der Waals surface area contributed by atoms with Crippen LogP contribution in [0, 0.1) is 0 Å². The van der Waals surface area contributed by atoms with E-state index in [0.29, 0.717) is 0 Å². The lowest BCUT2D eigenvalue weighted by Crippen LogP contribution is -2.17. The maximum atomic E-state index is 2.54. The molecule has 8 aromatic carbocycles. The maximum Gasteiger partial charge on any atom is 0.0585 e. The lowest BCUT2D eigenvalue weighted by atomic mass is 9.81. The zero-order valence-corrected chi connectivity index (χ0v) is 34.4. The summed E-state index contributed by atoms with van der Waals surface area (Å²) in [5.41, 5.74) is 18.8. The van der Waals surface area contributed by atoms with Gasteiger partial charge < -0.3 is 9.47 Å². The van der Waals surface area contributed by atoms with E-state index in [4.69, 9.17) is 0 Å². The van der Waals surface area contributed by atoms with Crippen LogP contribution in [0.1, 0.15) is 49.9 Å². The first-order chi connectivity index (χ1) is 28.8. The molecular formula is C56H42N2S. The number of nitrogens with zero attached hydrogens (tertiary/aromatic N) is 2. The van der Waals surface area contributed by atoms with Crippen molar-refractivity contribution >= 4 is 59.5 Å². The summed E-state index contributed by atoms with van der Waals surface area (Å²) < 4.78 is 5.19. The predicted octanol–water partition coefficient (Wildman–Crippen LogP) is 15.7. The summed E-state index contributed by atoms with van der Waals surface area (Å²) in [4.78, 5) is 2.47. The molecule has 0 spiro atoms. The summed E-state index contributed by atoms with van der Waals surface area (Å²) in [7, 11) is 0. The molecule has 282 valence electrons. The van der Waals surface area contributed by atoms with Crippen molar-refractivity contribution in [3.8, 4) is 39.2 Å². The molecule has 12 rings (SSSR count). The van der Waals surface area contributed by atoms with Gasteiger partial charge in [0.25, 0.3) is 0 Å². The Bertz CT molecular complexity index is 3320. The molecule has 2 nitrogen and oxygen atoms in total. The third kappa shape index (κ3) is 4.92. The van der Waals surface area contributed by atoms with Gasteiger partial charge in [0, 0.05) is 64.7 Å². The van der Waals surface area contributed by atoms with Crippen LogP contribution in [-0.4, -0.2) is 4.57 Å². The van der Waals surface area contributed by atoms with Crippen molar-refractivity contribution in [3.63, 3.8) is 0 Å². The van der Waals surface area contributed by atoms with Crippen LogP contribution in [0.4, 0.5) is 17.1 Å². The van der Waals surface area contributed by atoms with E-state index in [1.165, 1.54) is 92.5 Å². The average molecular weight is 775 g/mol. The summed E-state index contributed by atoms with van der Waals surface area (Å²) in [6.45, 7) is 9.55. The second-order valence-corrected chi connectivity index (χ2v) is 18.4. The third-order valence-electron chi connectivity index (χ3n) is 13.4. The van der Waals surface area contributed by atoms with Gasteiger partial charge >= 0.3 is 0 Å². The summed E-state index contributed by atoms with van der Waals surface area (Å²) in [6, 6.07) is 67.9. The van der Waals surface area contributed by atoms with Crippen molar-refractivity contribution in [1.29, 1.82) is 0 Å². The van der Waals surface area contributed by atoms with Gasteiger partial charge in [0.1, 0.15) is 0 Å². The zero-order valence-electron chi connectivity index (χ0n) is 33.6. The molecular weight excluding hydrogens is 733 g/mol. The Morgan fingerprint density at radius 3 is 1.85 bits per heavy atom. The minimum Gasteiger partial charge on any atom is -0.310 e. The molecule has 2 aromatic heterocycles. The fourth-order valence-corrected chi connectivity index (χ4v) is 11.6. The molecule has 0 radical (unpaired) electrons. The number of hydrogen-bond donors (Lipinski definition) is 0. The SMILES string of the molecule is CC1(C)c2ccccc2-c2ccc(N(c3ccc(-c4ccccc4)cc3)c3ccc4c(c3)c3c(n4-c4ccc5sc6ccccc6c5c4)-c4ccccc4C3(C)C)cc21. The van der Waals surface area contributed by atoms with Gasteiger partial charge in [0.15, 0.2) is 0 Å². The van der Waals surface area contributed by atoms with Crippen LogP contribution in [0.2, 0.25) is 0 Å². The molecule has 0 bridgehead atoms. The van der Waals surface area contributed by atoms with Crippen molar-refractivity contribution < 1.29 is 0 Å². The molecule has 59 heavy (non-hydrogen) atoms. The van der Waals surface area contributed by atoms with E-state index in [1.54, 1.807) is 0 Å². The van der Waals surface area contributed by atoms with Gasteiger partial charge in [-0.2, -0.15) is 0 Å². The van der Waals surface area contributed by atoms with Gasteiger partial charge in [-0.3, -0.25) is 0 Å². The van der Waals surface area contributed by atoms with Crippen LogP contribution in [0.3, 0.4) is 0 Å². The molecule has 0 saturated carbocycles. The average Bonchev–Trinajstić information content (AvgIpc) is 3.95. The lowest BCUT2D eigenvalue weighted by Gasteiger charge is -2.29. The number of hydrogen-bond acceptors (Lipinski definition) is 2. The first-order valence-corrected chi connectivity index (χ1v) is 21.5. The highest BCUT2D eigenvalue weighted by atomic mass is 32.1. The van der Waals surface area contributed by atoms with Crippen molar-refractivity contribution in [3.05, 3.63) is 204 Å². The van der Waals surface area contributed by atoms with Gasteiger partial charge in [-0.15, -0.1) is 11.3 Å². The normalized spacial score (nSPS) is 14.4. The van der Waals surface area contributed by atoms with E-state index in [1.807, 2.05) is 11.3 Å². The molecule has 0 aliphatic heterocycles. The Morgan fingerprint density at radius 2 is 1.03 bits per heavy atom. The minimum atomic E-state index is -0.196. The largest absolute Gasteiger partial charge is 0.310 e. The summed E-state index contributed by atoms with van der Waals surface area (Å²) in [5.74, 6) is 0. The van der Waals surface area contributed by atoms with Gasteiger partial charge in [0.05, 0.1) is 11.2 Å². The molecule has 0 fully saturated rings. The van der Waals surface area contributed by atoms with Crippen LogP contribution in [0.15, 0.2) is 182 Å². The van der Waals surface area contributed by atoms with Crippen LogP contribution in [-0.2, 0) is 10.8 Å². The molecule has 10 aromatic rings. The summed E-state index contributed by atoms with van der Waals surface area (Å²) >= 11 is 1.87. The van der Waals surface area contributed by atoms with Crippen LogP contribution in [0.25, 0.3) is 70.3 Å². The Kier molecular flexibility index (Phi) is 7.23. The van der Waals surface area contributed by atoms with E-state index < -0.39 is 0 Å². The quantitative estimate of drug-likeness (QED) is 0.169. The summed E-state index contributed by atoms with van der Waals surface area (Å²) in [5, 5.41) is 3.92. The molecule has 0 unspecified atom stereocenters. The minimum absolute atomic E-state index is 0.114. The monoisotopic (exact) mass is 774 g/mol. The Balaban J connectivity index is 1.09. The molecule has 2 aliphatic carbocycles. The molecule has 2 aliphatic rings. The summed E-state index contributed by atoms with van der Waals surface area (Å²) in [6.07, 6.45) is 0. The third-order valence-corrected chi connectivity index (χ3v) is 14.5. The number of benzene rings is 8. The second kappa shape index (κ2) is 12.4. The molecule has 0 saturated heterocycles. The van der Waals surface area contributed by atoms with Gasteiger partial charge in [-0.05, 0) is 111 Å². The predicted molar refractivity (Wildman–Crippen MR) is 251 cm³/mol. The Labute approximate surface area is 349 Å². The highest BCUT2D eigenvalue weighted by Crippen LogP contribution is 2.55. The van der Waals surface area contributed by atoms with Crippen LogP contribution in [0.5, 0.6) is 0 Å². The number of aromatic nitrogens is 1. The van der Waals surface area contributed by atoms with E-state index in [-0.39, 0.29) is 10.8 Å². The molecule has 0 atom stereocenters. The van der Waals surface area contributed by atoms with Crippen molar-refractivity contribution in [2.45, 2.75) is 38.5 Å². The highest BCUT2D eigenvalue weighted by Gasteiger charge is 2.41. The van der Waals surface area contributed by atoms with Crippen molar-refractivity contribution in [1.82, 2.24) is 4.57 Å². The van der Waals surface area contributed by atoms with Crippen LogP contribution >= 0.6 is 11.3 Å². The smallest absolute Gasteiger partial charge is 0.0585 e. The first-order valence-electron chi connectivity index (χ1n) is 20.7. The van der Waals surface area contributed by atoms with Gasteiger partial charge in [-0.25, -0.2) is 0 Å². The lowest BCUT2D eigenvalue weighted by molar-refractivity contribution is 0.660. The molecule has 0 N–H and O–H groups in total. The highest BCUT2D eigenvalue weighted by molar-refractivity contribution is 7.25. The first kappa shape index (κ1) is 34.4. The van der Waals surface area contributed by atoms with E-state index in [0.717, 1.165) is 17.1 Å². The number of rotatable bonds is 5. The van der Waals surface area contributed by atoms with Crippen molar-refractivity contribution in [2.75, 3.05) is 4.90 Å². The van der Waals surface area contributed by atoms with Gasteiger partial charge in [-0.1, -0.05) is 143 Å². The van der Waals surface area contributed by atoms with Crippen molar-refractivity contribution in [2.24, 2.45) is 0 Å². The molecule has 0 amide bonds. The van der Waals surface area contributed by atoms with E-state index in [2.05, 4.69) is 219 Å². The second-order valence-electron chi connectivity index (χ2n) is 17.4. The topological polar surface area (TPSA) is 8.17 Å². The Hall–Kier alpha value is -6.68. The molecule has 3 heteroatoms. The van der Waals surface area contributed by atoms with E-state index >= 15 is 0 Å². The Morgan fingerprint density at radius 1 is 0.424 bits per heavy atom. The number of anilines is 3. The molecule has 2 heterocycles. The zero-order chi connectivity index (χ0) is 39.6. The van der Waals surface area contributed by atoms with Gasteiger partial charge in [0.2, 0.25) is 0 Å². The standard InChI is InChI=1S/C56H42N2S/c1-55(2)47-19-11-8-16-41(47)42-29-26-40(34-49(42)55)57(37-24-22-36(23-25-37)35-14-6-5-7-15-35)38-27-30-50-46(33-38)53-54(44-18-9-12-20-48(44)56(53,3)4)58(50)39-28-31-52-45(32-39)43-17-10-13-21-51(43)59-52/h5-34H,1-4H3. The maximum absolute atomic E-state index is 2.54. The van der Waals surface area contributed by atoms with E-state index in [9.17, 15) is 0 Å². The van der Waals surface area contributed by atoms with Crippen LogP contribution < -0.4 is 4.90 Å². The fourth-order valence-electron chi connectivity index (χ4n) is 10.5.